The summed E-state index contributed by atoms with van der Waals surface area (Å²) in [6.45, 7) is 0.643. The lowest BCUT2D eigenvalue weighted by Crippen LogP contribution is -2.37. The summed E-state index contributed by atoms with van der Waals surface area (Å²) in [6.07, 6.45) is 4.94. The van der Waals surface area contributed by atoms with Crippen molar-refractivity contribution in [1.29, 1.82) is 0 Å². The van der Waals surface area contributed by atoms with Gasteiger partial charge in [-0.1, -0.05) is 24.3 Å². The summed E-state index contributed by atoms with van der Waals surface area (Å²) in [7, 11) is 1.67. The van der Waals surface area contributed by atoms with Crippen molar-refractivity contribution >= 4 is 0 Å². The summed E-state index contributed by atoms with van der Waals surface area (Å²) in [5, 5.41) is 7.88. The van der Waals surface area contributed by atoms with Gasteiger partial charge in [-0.2, -0.15) is 5.10 Å². The number of hydrogen-bond donors (Lipinski definition) is 2. The van der Waals surface area contributed by atoms with E-state index in [2.05, 4.69) is 39.7 Å². The van der Waals surface area contributed by atoms with Gasteiger partial charge in [-0.3, -0.25) is 4.98 Å². The van der Waals surface area contributed by atoms with E-state index >= 15 is 0 Å². The Hall–Kier alpha value is -1.88. The van der Waals surface area contributed by atoms with E-state index in [-0.39, 0.29) is 5.69 Å². The summed E-state index contributed by atoms with van der Waals surface area (Å²) in [5.74, 6) is 2.13. The van der Waals surface area contributed by atoms with E-state index in [1.807, 2.05) is 0 Å². The number of rotatable bonds is 3. The van der Waals surface area contributed by atoms with Crippen molar-refractivity contribution in [2.45, 2.75) is 38.3 Å². The summed E-state index contributed by atoms with van der Waals surface area (Å²) in [4.78, 5) is 14.3. The van der Waals surface area contributed by atoms with Crippen molar-refractivity contribution in [2.75, 3.05) is 0 Å². The van der Waals surface area contributed by atoms with Gasteiger partial charge in [0.05, 0.1) is 6.54 Å². The molecule has 0 radical (unpaired) electrons. The molecule has 2 aliphatic rings. The second-order valence-corrected chi connectivity index (χ2v) is 6.68. The standard InChI is InChI=1S/C17H22N4O/c1-21-17(22)19-15(20-21)10-18-16-13-6-7-14(16)9-12-5-3-2-4-11(12)8-13/h2-5,13-14,16,18H,6-10H2,1H3,(H,19,20,22). The van der Waals surface area contributed by atoms with Crippen LogP contribution in [0.25, 0.3) is 0 Å². The summed E-state index contributed by atoms with van der Waals surface area (Å²) >= 11 is 0. The minimum Gasteiger partial charge on any atom is -0.306 e. The Balaban J connectivity index is 1.50. The van der Waals surface area contributed by atoms with Crippen molar-refractivity contribution < 1.29 is 0 Å². The first-order chi connectivity index (χ1) is 10.7. The molecule has 116 valence electrons. The van der Waals surface area contributed by atoms with Crippen LogP contribution in [0.1, 0.15) is 29.8 Å². The van der Waals surface area contributed by atoms with E-state index in [1.165, 1.54) is 41.5 Å². The van der Waals surface area contributed by atoms with Crippen molar-refractivity contribution in [1.82, 2.24) is 20.1 Å². The molecular weight excluding hydrogens is 276 g/mol. The smallest absolute Gasteiger partial charge is 0.306 e. The van der Waals surface area contributed by atoms with Gasteiger partial charge in [0.1, 0.15) is 5.82 Å². The fraction of sp³-hybridized carbons (Fsp3) is 0.529. The summed E-state index contributed by atoms with van der Waals surface area (Å²) in [5.41, 5.74) is 2.90. The quantitative estimate of drug-likeness (QED) is 0.900. The molecule has 1 aromatic heterocycles. The average Bonchev–Trinajstić information content (AvgIpc) is 2.96. The molecule has 0 saturated heterocycles. The molecule has 2 aromatic rings. The lowest BCUT2D eigenvalue weighted by atomic mass is 9.94. The van der Waals surface area contributed by atoms with Crippen LogP contribution in [-0.2, 0) is 26.4 Å². The first-order valence-corrected chi connectivity index (χ1v) is 8.13. The molecule has 0 spiro atoms. The second kappa shape index (κ2) is 5.39. The fourth-order valence-electron chi connectivity index (χ4n) is 4.23. The number of benzene rings is 1. The van der Waals surface area contributed by atoms with Crippen molar-refractivity contribution in [3.8, 4) is 0 Å². The number of nitrogens with one attached hydrogen (secondary N) is 2. The molecule has 0 aliphatic heterocycles. The maximum Gasteiger partial charge on any atom is 0.343 e. The van der Waals surface area contributed by atoms with E-state index in [0.29, 0.717) is 24.4 Å². The molecular formula is C17H22N4O. The molecule has 1 saturated carbocycles. The molecule has 0 amide bonds. The topological polar surface area (TPSA) is 62.7 Å². The predicted octanol–water partition coefficient (Wildman–Crippen LogP) is 1.39. The molecule has 5 nitrogen and oxygen atoms in total. The van der Waals surface area contributed by atoms with Gasteiger partial charge in [-0.25, -0.2) is 9.48 Å². The van der Waals surface area contributed by atoms with E-state index in [4.69, 9.17) is 0 Å². The van der Waals surface area contributed by atoms with Crippen LogP contribution >= 0.6 is 0 Å². The Morgan fingerprint density at radius 3 is 2.41 bits per heavy atom. The van der Waals surface area contributed by atoms with Crippen LogP contribution in [-0.4, -0.2) is 20.8 Å². The zero-order valence-electron chi connectivity index (χ0n) is 12.9. The van der Waals surface area contributed by atoms with Crippen LogP contribution < -0.4 is 11.0 Å². The molecule has 1 aromatic carbocycles. The van der Waals surface area contributed by atoms with E-state index in [0.717, 1.165) is 5.82 Å². The Kier molecular flexibility index (Phi) is 3.37. The number of H-pyrrole nitrogens is 1. The van der Waals surface area contributed by atoms with Gasteiger partial charge in [0, 0.05) is 13.1 Å². The van der Waals surface area contributed by atoms with Gasteiger partial charge in [-0.05, 0) is 48.6 Å². The van der Waals surface area contributed by atoms with Gasteiger partial charge in [0.25, 0.3) is 0 Å². The lowest BCUT2D eigenvalue weighted by molar-refractivity contribution is 0.337. The third-order valence-corrected chi connectivity index (χ3v) is 5.33. The summed E-state index contributed by atoms with van der Waals surface area (Å²) in [6, 6.07) is 9.39. The minimum absolute atomic E-state index is 0.145. The Labute approximate surface area is 129 Å². The number of nitrogens with zero attached hydrogens (tertiary/aromatic N) is 2. The van der Waals surface area contributed by atoms with Crippen molar-refractivity contribution in [2.24, 2.45) is 18.9 Å². The van der Waals surface area contributed by atoms with E-state index in [9.17, 15) is 4.79 Å². The van der Waals surface area contributed by atoms with Crippen LogP contribution in [0.15, 0.2) is 29.1 Å². The SMILES string of the molecule is Cn1nc(CNC2C3CCC2Cc2ccccc2C3)[nH]c1=O. The zero-order chi connectivity index (χ0) is 15.1. The average molecular weight is 298 g/mol. The Morgan fingerprint density at radius 2 is 1.86 bits per heavy atom. The maximum atomic E-state index is 11.5. The van der Waals surface area contributed by atoms with Gasteiger partial charge in [0.15, 0.2) is 0 Å². The number of aromatic amines is 1. The lowest BCUT2D eigenvalue weighted by Gasteiger charge is -2.23. The Morgan fingerprint density at radius 1 is 1.23 bits per heavy atom. The van der Waals surface area contributed by atoms with Crippen LogP contribution in [0.3, 0.4) is 0 Å². The third-order valence-electron chi connectivity index (χ3n) is 5.33. The molecule has 1 heterocycles. The number of hydrogen-bond acceptors (Lipinski definition) is 3. The molecule has 2 N–H and O–H groups in total. The highest BCUT2D eigenvalue weighted by Crippen LogP contribution is 2.40. The van der Waals surface area contributed by atoms with Crippen molar-refractivity contribution in [3.05, 3.63) is 51.7 Å². The highest BCUT2D eigenvalue weighted by Gasteiger charge is 2.38. The van der Waals surface area contributed by atoms with Gasteiger partial charge in [-0.15, -0.1) is 0 Å². The van der Waals surface area contributed by atoms with Gasteiger partial charge in [0.2, 0.25) is 0 Å². The molecule has 2 atom stereocenters. The zero-order valence-corrected chi connectivity index (χ0v) is 12.9. The minimum atomic E-state index is -0.145. The molecule has 1 fully saturated rings. The monoisotopic (exact) mass is 298 g/mol. The fourth-order valence-corrected chi connectivity index (χ4v) is 4.23. The van der Waals surface area contributed by atoms with Crippen LogP contribution in [0.4, 0.5) is 0 Å². The van der Waals surface area contributed by atoms with Crippen LogP contribution in [0, 0.1) is 11.8 Å². The van der Waals surface area contributed by atoms with Crippen LogP contribution in [0.5, 0.6) is 0 Å². The number of fused-ring (bicyclic) bond motifs is 3. The first kappa shape index (κ1) is 13.8. The highest BCUT2D eigenvalue weighted by atomic mass is 16.1. The maximum absolute atomic E-state index is 11.5. The Bertz CT molecular complexity index is 699. The van der Waals surface area contributed by atoms with Gasteiger partial charge < -0.3 is 5.32 Å². The highest BCUT2D eigenvalue weighted by molar-refractivity contribution is 5.30. The van der Waals surface area contributed by atoms with Crippen LogP contribution in [0.2, 0.25) is 0 Å². The number of aryl methyl sites for hydroxylation is 1. The summed E-state index contributed by atoms with van der Waals surface area (Å²) < 4.78 is 1.36. The van der Waals surface area contributed by atoms with Gasteiger partial charge >= 0.3 is 5.69 Å². The normalized spacial score (nSPS) is 26.7. The van der Waals surface area contributed by atoms with E-state index in [1.54, 1.807) is 7.05 Å². The first-order valence-electron chi connectivity index (χ1n) is 8.13. The largest absolute Gasteiger partial charge is 0.343 e. The predicted molar refractivity (Wildman–Crippen MR) is 84.5 cm³/mol. The second-order valence-electron chi connectivity index (χ2n) is 6.68. The molecule has 22 heavy (non-hydrogen) atoms. The molecule has 2 bridgehead atoms. The third kappa shape index (κ3) is 2.39. The van der Waals surface area contributed by atoms with E-state index < -0.39 is 0 Å². The molecule has 4 rings (SSSR count). The molecule has 2 unspecified atom stereocenters. The number of aromatic nitrogens is 3. The molecule has 2 aliphatic carbocycles. The molecule has 5 heteroatoms. The van der Waals surface area contributed by atoms with Crippen molar-refractivity contribution in [3.63, 3.8) is 0 Å².